The molecular weight excluding hydrogens is 512 g/mol. The molecule has 40 heavy (non-hydrogen) atoms. The van der Waals surface area contributed by atoms with Crippen molar-refractivity contribution in [1.82, 2.24) is 0 Å². The van der Waals surface area contributed by atoms with Crippen LogP contribution in [0.15, 0.2) is 11.1 Å². The first-order valence-corrected chi connectivity index (χ1v) is 13.8. The summed E-state index contributed by atoms with van der Waals surface area (Å²) in [7, 11) is 0. The number of terminal acetylenes is 2. The number of fused-ring (bicyclic) bond motifs is 1. The summed E-state index contributed by atoms with van der Waals surface area (Å²) in [6.07, 6.45) is 16.8. The van der Waals surface area contributed by atoms with Crippen molar-refractivity contribution < 1.29 is 38.8 Å². The number of esters is 2. The van der Waals surface area contributed by atoms with Gasteiger partial charge in [-0.3, -0.25) is 4.79 Å². The van der Waals surface area contributed by atoms with E-state index in [1.165, 1.54) is 6.92 Å². The molecule has 0 radical (unpaired) electrons. The number of carbonyl (C=O) groups is 3. The van der Waals surface area contributed by atoms with Crippen molar-refractivity contribution in [2.75, 3.05) is 6.61 Å². The molecule has 0 aliphatic carbocycles. The first-order valence-electron chi connectivity index (χ1n) is 13.8. The summed E-state index contributed by atoms with van der Waals surface area (Å²) in [5, 5.41) is 18.4. The topological polar surface area (TPSA) is 119 Å². The fourth-order valence-corrected chi connectivity index (χ4v) is 3.76. The smallest absolute Gasteiger partial charge is 0.374 e. The Bertz CT molecular complexity index is 902. The Labute approximate surface area is 242 Å². The maximum absolute atomic E-state index is 11.4. The third kappa shape index (κ3) is 18.6. The number of rotatable bonds is 8. The molecule has 2 N–H and O–H groups in total. The standard InChI is InChI=1S/C11H16O3.2C8H14O.C5H8O3/c1-7-8-5-6-10(2,3)14-11(8,4)13-9(7)12;2*1-4-5-6-7-8(2,3)9;1-3-8-5(7)4(2)6/h5-6H2,1-4H3;2*1,9H,5-7H2,2-3H3;3H2,1-2H3/t11-;;;/m1.../s1. The maximum atomic E-state index is 11.4. The zero-order valence-corrected chi connectivity index (χ0v) is 26.4. The molecule has 8 heteroatoms. The Kier molecular flexibility index (Phi) is 17.7. The van der Waals surface area contributed by atoms with Crippen molar-refractivity contribution in [3.8, 4) is 24.7 Å². The number of hydrogen-bond acceptors (Lipinski definition) is 8. The van der Waals surface area contributed by atoms with Gasteiger partial charge in [0.2, 0.25) is 11.6 Å². The Hall–Kier alpha value is -2.65. The lowest BCUT2D eigenvalue weighted by atomic mass is 9.88. The van der Waals surface area contributed by atoms with Crippen molar-refractivity contribution in [2.24, 2.45) is 0 Å². The van der Waals surface area contributed by atoms with Crippen LogP contribution in [0.4, 0.5) is 0 Å². The average Bonchev–Trinajstić information content (AvgIpc) is 3.00. The maximum Gasteiger partial charge on any atom is 0.374 e. The zero-order valence-electron chi connectivity index (χ0n) is 26.4. The van der Waals surface area contributed by atoms with Crippen LogP contribution in [0.5, 0.6) is 0 Å². The number of carbonyl (C=O) groups excluding carboxylic acids is 3. The van der Waals surface area contributed by atoms with Crippen LogP contribution in [0.25, 0.3) is 0 Å². The van der Waals surface area contributed by atoms with Crippen LogP contribution in [0.3, 0.4) is 0 Å². The number of unbranched alkanes of at least 4 members (excludes halogenated alkanes) is 2. The van der Waals surface area contributed by atoms with Gasteiger partial charge in [0.25, 0.3) is 0 Å². The number of aliphatic hydroxyl groups is 2. The average molecular weight is 565 g/mol. The summed E-state index contributed by atoms with van der Waals surface area (Å²) >= 11 is 0. The largest absolute Gasteiger partial charge is 0.460 e. The number of ether oxygens (including phenoxy) is 3. The van der Waals surface area contributed by atoms with Gasteiger partial charge < -0.3 is 24.4 Å². The molecule has 1 fully saturated rings. The minimum absolute atomic E-state index is 0.205. The van der Waals surface area contributed by atoms with Crippen LogP contribution < -0.4 is 0 Å². The van der Waals surface area contributed by atoms with E-state index in [4.69, 9.17) is 22.3 Å². The quantitative estimate of drug-likeness (QED) is 0.173. The highest BCUT2D eigenvalue weighted by atomic mass is 16.7. The molecule has 2 aliphatic rings. The second-order valence-electron chi connectivity index (χ2n) is 11.8. The van der Waals surface area contributed by atoms with Crippen molar-refractivity contribution in [3.05, 3.63) is 11.1 Å². The van der Waals surface area contributed by atoms with Gasteiger partial charge in [0.15, 0.2) is 0 Å². The van der Waals surface area contributed by atoms with E-state index in [0.717, 1.165) is 62.5 Å². The van der Waals surface area contributed by atoms with Crippen LogP contribution in [-0.2, 0) is 28.6 Å². The Balaban J connectivity index is 0. The van der Waals surface area contributed by atoms with E-state index < -0.39 is 28.7 Å². The second kappa shape index (κ2) is 17.9. The van der Waals surface area contributed by atoms with Crippen LogP contribution in [0.1, 0.15) is 121 Å². The van der Waals surface area contributed by atoms with E-state index in [9.17, 15) is 24.6 Å². The molecule has 0 aromatic carbocycles. The lowest BCUT2D eigenvalue weighted by Crippen LogP contribution is -2.45. The molecule has 8 nitrogen and oxygen atoms in total. The van der Waals surface area contributed by atoms with Crippen LogP contribution in [0.2, 0.25) is 0 Å². The first-order chi connectivity index (χ1) is 18.1. The van der Waals surface area contributed by atoms with Gasteiger partial charge in [-0.2, -0.15) is 0 Å². The molecule has 0 aromatic heterocycles. The Morgan fingerprint density at radius 1 is 1.00 bits per heavy atom. The molecular formula is C32H52O8. The van der Waals surface area contributed by atoms with Gasteiger partial charge in [-0.25, -0.2) is 9.59 Å². The molecule has 2 rings (SSSR count). The predicted octanol–water partition coefficient (Wildman–Crippen LogP) is 5.43. The summed E-state index contributed by atoms with van der Waals surface area (Å²) in [4.78, 5) is 31.6. The first kappa shape index (κ1) is 39.5. The van der Waals surface area contributed by atoms with Gasteiger partial charge in [0.05, 0.1) is 23.4 Å². The van der Waals surface area contributed by atoms with E-state index in [-0.39, 0.29) is 18.2 Å². The third-order valence-corrected chi connectivity index (χ3v) is 5.82. The SMILES string of the molecule is C#CCCCC(C)(C)O.C#CCCCC(C)(C)O.CC1=C2CCC(C)(C)O[C@@]2(C)OC1=O.CCOC(=O)C(C)=O. The monoisotopic (exact) mass is 564 g/mol. The molecule has 0 spiro atoms. The second-order valence-corrected chi connectivity index (χ2v) is 11.8. The van der Waals surface area contributed by atoms with Crippen LogP contribution in [0, 0.1) is 24.7 Å². The lowest BCUT2D eigenvalue weighted by Gasteiger charge is -2.41. The van der Waals surface area contributed by atoms with Gasteiger partial charge in [-0.1, -0.05) is 0 Å². The number of hydrogen-bond donors (Lipinski definition) is 2. The summed E-state index contributed by atoms with van der Waals surface area (Å²) in [6.45, 7) is 18.0. The van der Waals surface area contributed by atoms with Gasteiger partial charge in [-0.05, 0) is 93.9 Å². The fraction of sp³-hybridized carbons (Fsp3) is 0.719. The number of ketones is 1. The van der Waals surface area contributed by atoms with Crippen LogP contribution >= 0.6 is 0 Å². The van der Waals surface area contributed by atoms with Crippen LogP contribution in [-0.4, -0.2) is 57.1 Å². The summed E-state index contributed by atoms with van der Waals surface area (Å²) in [5.41, 5.74) is 0.446. The highest BCUT2D eigenvalue weighted by Gasteiger charge is 2.49. The van der Waals surface area contributed by atoms with E-state index >= 15 is 0 Å². The van der Waals surface area contributed by atoms with Crippen molar-refractivity contribution in [2.45, 2.75) is 143 Å². The van der Waals surface area contributed by atoms with E-state index in [0.29, 0.717) is 0 Å². The van der Waals surface area contributed by atoms with Crippen molar-refractivity contribution in [1.29, 1.82) is 0 Å². The summed E-state index contributed by atoms with van der Waals surface area (Å²) in [5.74, 6) is 2.71. The lowest BCUT2D eigenvalue weighted by molar-refractivity contribution is -0.246. The zero-order chi connectivity index (χ0) is 31.8. The number of Topliss-reactive ketones (excluding diaryl/α,β-unsaturated/α-hetero) is 1. The summed E-state index contributed by atoms with van der Waals surface area (Å²) in [6, 6.07) is 0. The minimum atomic E-state index is -0.803. The molecule has 0 aromatic rings. The van der Waals surface area contributed by atoms with E-state index in [1.807, 2.05) is 27.7 Å². The van der Waals surface area contributed by atoms with Crippen molar-refractivity contribution >= 4 is 17.7 Å². The van der Waals surface area contributed by atoms with Gasteiger partial charge in [0.1, 0.15) is 0 Å². The molecule has 1 saturated heterocycles. The Morgan fingerprint density at radius 3 is 1.77 bits per heavy atom. The van der Waals surface area contributed by atoms with Gasteiger partial charge in [0, 0.05) is 37.8 Å². The highest BCUT2D eigenvalue weighted by molar-refractivity contribution is 6.32. The molecule has 0 bridgehead atoms. The molecule has 1 atom stereocenters. The molecule has 228 valence electrons. The molecule has 2 aliphatic heterocycles. The highest BCUT2D eigenvalue weighted by Crippen LogP contribution is 2.45. The molecule has 2 heterocycles. The molecule has 0 unspecified atom stereocenters. The normalized spacial score (nSPS) is 19.0. The van der Waals surface area contributed by atoms with Gasteiger partial charge in [-0.15, -0.1) is 24.7 Å². The van der Waals surface area contributed by atoms with Crippen molar-refractivity contribution in [3.63, 3.8) is 0 Å². The molecule has 0 saturated carbocycles. The van der Waals surface area contributed by atoms with E-state index in [2.05, 4.69) is 16.6 Å². The Morgan fingerprint density at radius 2 is 1.45 bits per heavy atom. The minimum Gasteiger partial charge on any atom is -0.460 e. The predicted molar refractivity (Wildman–Crippen MR) is 157 cm³/mol. The summed E-state index contributed by atoms with van der Waals surface area (Å²) < 4.78 is 15.4. The third-order valence-electron chi connectivity index (χ3n) is 5.82. The van der Waals surface area contributed by atoms with E-state index in [1.54, 1.807) is 34.6 Å². The van der Waals surface area contributed by atoms with Gasteiger partial charge >= 0.3 is 11.9 Å². The fourth-order valence-electron chi connectivity index (χ4n) is 3.76. The molecule has 0 amide bonds.